The largest absolute Gasteiger partial charge is 0.495 e. The molecule has 3 aromatic carbocycles. The van der Waals surface area contributed by atoms with Gasteiger partial charge in [-0.15, -0.1) is 0 Å². The van der Waals surface area contributed by atoms with Crippen LogP contribution in [0.15, 0.2) is 77.7 Å². The summed E-state index contributed by atoms with van der Waals surface area (Å²) >= 11 is 0. The van der Waals surface area contributed by atoms with Gasteiger partial charge in [0.05, 0.1) is 17.7 Å². The minimum atomic E-state index is -3.89. The third kappa shape index (κ3) is 4.50. The van der Waals surface area contributed by atoms with Gasteiger partial charge in [-0.2, -0.15) is 0 Å². The van der Waals surface area contributed by atoms with Crippen LogP contribution >= 0.6 is 0 Å². The van der Waals surface area contributed by atoms with E-state index in [9.17, 15) is 13.2 Å². The first-order valence-corrected chi connectivity index (χ1v) is 10.0. The molecule has 0 fully saturated rings. The van der Waals surface area contributed by atoms with Crippen molar-refractivity contribution in [3.63, 3.8) is 0 Å². The second-order valence-electron chi connectivity index (χ2n) is 6.15. The number of carbonyl (C=O) groups excluding carboxylic acids is 1. The number of nitrogens with one attached hydrogen (secondary N) is 2. The van der Waals surface area contributed by atoms with Crippen molar-refractivity contribution < 1.29 is 17.9 Å². The number of amides is 1. The van der Waals surface area contributed by atoms with Crippen LogP contribution in [0.2, 0.25) is 0 Å². The molecule has 6 nitrogen and oxygen atoms in total. The highest BCUT2D eigenvalue weighted by Crippen LogP contribution is 2.26. The quantitative estimate of drug-likeness (QED) is 0.658. The zero-order chi connectivity index (χ0) is 20.1. The Morgan fingerprint density at radius 2 is 1.64 bits per heavy atom. The van der Waals surface area contributed by atoms with Crippen LogP contribution in [0.3, 0.4) is 0 Å². The lowest BCUT2D eigenvalue weighted by Crippen LogP contribution is -2.16. The second kappa shape index (κ2) is 8.14. The molecule has 0 aliphatic rings. The van der Waals surface area contributed by atoms with Crippen molar-refractivity contribution >= 4 is 27.3 Å². The second-order valence-corrected chi connectivity index (χ2v) is 7.84. The van der Waals surface area contributed by atoms with Crippen LogP contribution in [0.4, 0.5) is 11.4 Å². The molecular formula is C21H20N2O4S. The summed E-state index contributed by atoms with van der Waals surface area (Å²) in [7, 11) is -2.43. The zero-order valence-electron chi connectivity index (χ0n) is 15.5. The van der Waals surface area contributed by atoms with Gasteiger partial charge in [-0.3, -0.25) is 9.52 Å². The van der Waals surface area contributed by atoms with Gasteiger partial charge in [0.25, 0.3) is 15.9 Å². The molecule has 3 rings (SSSR count). The number of rotatable bonds is 6. The molecule has 0 aliphatic heterocycles. The predicted octanol–water partition coefficient (Wildman–Crippen LogP) is 4.06. The summed E-state index contributed by atoms with van der Waals surface area (Å²) in [5.74, 6) is 0.0116. The summed E-state index contributed by atoms with van der Waals surface area (Å²) in [6.45, 7) is 1.95. The molecule has 28 heavy (non-hydrogen) atoms. The zero-order valence-corrected chi connectivity index (χ0v) is 16.3. The number of hydrogen-bond donors (Lipinski definition) is 2. The Kier molecular flexibility index (Phi) is 5.65. The standard InChI is InChI=1S/C21H20N2O4S/c1-15-10-12-17(13-11-15)22-21(24)16-6-5-7-18(14-16)28(25,26)23-19-8-3-4-9-20(19)27-2/h3-14,23H,1-2H3,(H,22,24). The number of aryl methyl sites for hydroxylation is 1. The third-order valence-corrected chi connectivity index (χ3v) is 5.43. The lowest BCUT2D eigenvalue weighted by atomic mass is 10.2. The fourth-order valence-corrected chi connectivity index (χ4v) is 3.69. The molecule has 3 aromatic rings. The first-order valence-electron chi connectivity index (χ1n) is 8.53. The lowest BCUT2D eigenvalue weighted by molar-refractivity contribution is 0.102. The van der Waals surface area contributed by atoms with E-state index < -0.39 is 15.9 Å². The molecule has 0 bridgehead atoms. The van der Waals surface area contributed by atoms with Gasteiger partial charge in [0, 0.05) is 11.3 Å². The maximum atomic E-state index is 12.7. The Morgan fingerprint density at radius 3 is 2.36 bits per heavy atom. The van der Waals surface area contributed by atoms with Crippen molar-refractivity contribution in [1.82, 2.24) is 0 Å². The van der Waals surface area contributed by atoms with E-state index in [1.807, 2.05) is 19.1 Å². The van der Waals surface area contributed by atoms with Crippen molar-refractivity contribution in [3.8, 4) is 5.75 Å². The van der Waals surface area contributed by atoms with Gasteiger partial charge in [0.2, 0.25) is 0 Å². The van der Waals surface area contributed by atoms with E-state index in [0.717, 1.165) is 5.56 Å². The molecular weight excluding hydrogens is 376 g/mol. The first-order chi connectivity index (χ1) is 13.4. The molecule has 0 heterocycles. The number of anilines is 2. The Balaban J connectivity index is 1.83. The van der Waals surface area contributed by atoms with Gasteiger partial charge in [0.15, 0.2) is 0 Å². The van der Waals surface area contributed by atoms with Crippen molar-refractivity contribution in [2.75, 3.05) is 17.1 Å². The molecule has 0 atom stereocenters. The van der Waals surface area contributed by atoms with Crippen LogP contribution in [-0.2, 0) is 10.0 Å². The molecule has 144 valence electrons. The van der Waals surface area contributed by atoms with Crippen LogP contribution in [0.5, 0.6) is 5.75 Å². The highest BCUT2D eigenvalue weighted by Gasteiger charge is 2.18. The lowest BCUT2D eigenvalue weighted by Gasteiger charge is -2.12. The molecule has 0 saturated carbocycles. The van der Waals surface area contributed by atoms with Crippen molar-refractivity contribution in [2.45, 2.75) is 11.8 Å². The maximum Gasteiger partial charge on any atom is 0.262 e. The molecule has 0 saturated heterocycles. The van der Waals surface area contributed by atoms with Gasteiger partial charge >= 0.3 is 0 Å². The van der Waals surface area contributed by atoms with Gasteiger partial charge in [0.1, 0.15) is 5.75 Å². The van der Waals surface area contributed by atoms with E-state index in [1.165, 1.54) is 25.3 Å². The van der Waals surface area contributed by atoms with Crippen LogP contribution in [0.25, 0.3) is 0 Å². The van der Waals surface area contributed by atoms with Crippen LogP contribution in [-0.4, -0.2) is 21.4 Å². The highest BCUT2D eigenvalue weighted by atomic mass is 32.2. The Labute approximate surface area is 164 Å². The van der Waals surface area contributed by atoms with Gasteiger partial charge in [-0.1, -0.05) is 35.9 Å². The van der Waals surface area contributed by atoms with Crippen LogP contribution in [0, 0.1) is 6.92 Å². The third-order valence-electron chi connectivity index (χ3n) is 4.07. The van der Waals surface area contributed by atoms with Gasteiger partial charge < -0.3 is 10.1 Å². The summed E-state index contributed by atoms with van der Waals surface area (Å²) in [6.07, 6.45) is 0. The molecule has 0 spiro atoms. The summed E-state index contributed by atoms with van der Waals surface area (Å²) in [5.41, 5.74) is 2.27. The van der Waals surface area contributed by atoms with Crippen molar-refractivity contribution in [2.24, 2.45) is 0 Å². The number of methoxy groups -OCH3 is 1. The van der Waals surface area contributed by atoms with E-state index in [0.29, 0.717) is 17.1 Å². The number of para-hydroxylation sites is 2. The molecule has 0 radical (unpaired) electrons. The smallest absolute Gasteiger partial charge is 0.262 e. The van der Waals surface area contributed by atoms with Gasteiger partial charge in [-0.05, 0) is 49.4 Å². The number of benzene rings is 3. The predicted molar refractivity (Wildman–Crippen MR) is 109 cm³/mol. The average Bonchev–Trinajstić information content (AvgIpc) is 2.70. The topological polar surface area (TPSA) is 84.5 Å². The minimum Gasteiger partial charge on any atom is -0.495 e. The summed E-state index contributed by atoms with van der Waals surface area (Å²) < 4.78 is 33.1. The van der Waals surface area contributed by atoms with E-state index in [2.05, 4.69) is 10.0 Å². The first kappa shape index (κ1) is 19.4. The summed E-state index contributed by atoms with van der Waals surface area (Å²) in [5, 5.41) is 2.76. The number of sulfonamides is 1. The molecule has 2 N–H and O–H groups in total. The summed E-state index contributed by atoms with van der Waals surface area (Å²) in [4.78, 5) is 12.5. The van der Waals surface area contributed by atoms with E-state index in [-0.39, 0.29) is 10.5 Å². The normalized spacial score (nSPS) is 10.9. The van der Waals surface area contributed by atoms with E-state index in [4.69, 9.17) is 4.74 Å². The fourth-order valence-electron chi connectivity index (χ4n) is 2.58. The van der Waals surface area contributed by atoms with Crippen LogP contribution in [0.1, 0.15) is 15.9 Å². The van der Waals surface area contributed by atoms with Crippen molar-refractivity contribution in [3.05, 3.63) is 83.9 Å². The van der Waals surface area contributed by atoms with E-state index >= 15 is 0 Å². The molecule has 0 unspecified atom stereocenters. The summed E-state index contributed by atoms with van der Waals surface area (Å²) in [6, 6.07) is 19.9. The van der Waals surface area contributed by atoms with E-state index in [1.54, 1.807) is 42.5 Å². The Bertz CT molecular complexity index is 1090. The maximum absolute atomic E-state index is 12.7. The SMILES string of the molecule is COc1ccccc1NS(=O)(=O)c1cccc(C(=O)Nc2ccc(C)cc2)c1. The Morgan fingerprint density at radius 1 is 0.929 bits per heavy atom. The molecule has 0 aliphatic carbocycles. The number of hydrogen-bond acceptors (Lipinski definition) is 4. The highest BCUT2D eigenvalue weighted by molar-refractivity contribution is 7.92. The molecule has 7 heteroatoms. The number of ether oxygens (including phenoxy) is 1. The van der Waals surface area contributed by atoms with Gasteiger partial charge in [-0.25, -0.2) is 8.42 Å². The number of carbonyl (C=O) groups is 1. The molecule has 1 amide bonds. The Hall–Kier alpha value is -3.32. The van der Waals surface area contributed by atoms with Crippen LogP contribution < -0.4 is 14.8 Å². The fraction of sp³-hybridized carbons (Fsp3) is 0.0952. The van der Waals surface area contributed by atoms with Crippen molar-refractivity contribution in [1.29, 1.82) is 0 Å². The monoisotopic (exact) mass is 396 g/mol. The minimum absolute atomic E-state index is 0.0186. The average molecular weight is 396 g/mol. The molecule has 0 aromatic heterocycles.